The van der Waals surface area contributed by atoms with Gasteiger partial charge >= 0.3 is 0 Å². The summed E-state index contributed by atoms with van der Waals surface area (Å²) in [5.41, 5.74) is 0. The lowest BCUT2D eigenvalue weighted by atomic mass is 10.3. The van der Waals surface area contributed by atoms with E-state index in [1.54, 1.807) is 0 Å². The monoisotopic (exact) mass is 208 g/mol. The summed E-state index contributed by atoms with van der Waals surface area (Å²) in [5, 5.41) is 0. The quantitative estimate of drug-likeness (QED) is 0.499. The summed E-state index contributed by atoms with van der Waals surface area (Å²) in [6, 6.07) is 0. The molecule has 0 saturated carbocycles. The van der Waals surface area contributed by atoms with E-state index in [0.29, 0.717) is 10.9 Å². The number of hydrogen-bond acceptors (Lipinski definition) is 1. The van der Waals surface area contributed by atoms with Crippen LogP contribution < -0.4 is 0 Å². The fourth-order valence-corrected chi connectivity index (χ4v) is 0.699. The first-order chi connectivity index (χ1) is 4.68. The molecule has 0 aliphatic rings. The van der Waals surface area contributed by atoms with Crippen molar-refractivity contribution in [2.75, 3.05) is 6.61 Å². The van der Waals surface area contributed by atoms with Gasteiger partial charge in [-0.2, -0.15) is 0 Å². The van der Waals surface area contributed by atoms with Crippen molar-refractivity contribution in [1.29, 1.82) is 0 Å². The molecule has 0 saturated heterocycles. The molecule has 0 aromatic carbocycles. The molecule has 0 heterocycles. The molecule has 0 rings (SSSR count). The van der Waals surface area contributed by atoms with Crippen molar-refractivity contribution in [3.8, 4) is 0 Å². The summed E-state index contributed by atoms with van der Waals surface area (Å²) < 4.78 is 5.50. The molecule has 0 fully saturated rings. The minimum Gasteiger partial charge on any atom is -0.377 e. The molecule has 0 amide bonds. The van der Waals surface area contributed by atoms with Crippen LogP contribution in [0.15, 0.2) is 0 Å². The zero-order valence-corrected chi connectivity index (χ0v) is 8.65. The summed E-state index contributed by atoms with van der Waals surface area (Å²) in [6.07, 6.45) is 2.72. The van der Waals surface area contributed by atoms with E-state index in [1.807, 2.05) is 0 Å². The zero-order valence-electron chi connectivity index (χ0n) is 7.06. The summed E-state index contributed by atoms with van der Waals surface area (Å²) in [5.74, 6) is 0. The largest absolute Gasteiger partial charge is 0.377 e. The van der Waals surface area contributed by atoms with Crippen molar-refractivity contribution < 1.29 is 4.74 Å². The van der Waals surface area contributed by atoms with Crippen LogP contribution in [0.5, 0.6) is 0 Å². The fraction of sp³-hybridized carbons (Fsp3) is 1.00. The van der Waals surface area contributed by atoms with Crippen molar-refractivity contribution in [2.45, 2.75) is 44.5 Å². The van der Waals surface area contributed by atoms with Gasteiger partial charge in [-0.05, 0) is 13.3 Å². The first-order valence-electron chi connectivity index (χ1n) is 3.94. The van der Waals surface area contributed by atoms with Gasteiger partial charge in [-0.1, -0.05) is 36.2 Å². The number of rotatable bonds is 5. The van der Waals surface area contributed by atoms with Gasteiger partial charge in [0.2, 0.25) is 0 Å². The van der Waals surface area contributed by atoms with Gasteiger partial charge in [-0.3, -0.25) is 0 Å². The minimum atomic E-state index is 0.339. The van der Waals surface area contributed by atoms with Crippen LogP contribution in [0.1, 0.15) is 33.6 Å². The molecule has 0 aliphatic carbocycles. The molecule has 0 aromatic heterocycles. The lowest BCUT2D eigenvalue weighted by Crippen LogP contribution is -2.18. The van der Waals surface area contributed by atoms with Gasteiger partial charge in [0.1, 0.15) is 0 Å². The van der Waals surface area contributed by atoms with Crippen LogP contribution in [0, 0.1) is 0 Å². The second-order valence-electron chi connectivity index (χ2n) is 2.61. The number of unbranched alkanes of at least 4 members (excludes halogenated alkanes) is 1. The van der Waals surface area contributed by atoms with E-state index in [0.717, 1.165) is 6.61 Å². The molecule has 62 valence electrons. The SMILES string of the molecule is CCCCOC(C)C(C)Br. The highest BCUT2D eigenvalue weighted by Crippen LogP contribution is 2.07. The normalized spacial score (nSPS) is 16.8. The Hall–Kier alpha value is 0.440. The molecule has 0 N–H and O–H groups in total. The van der Waals surface area contributed by atoms with Crippen LogP contribution in [-0.4, -0.2) is 17.5 Å². The lowest BCUT2D eigenvalue weighted by molar-refractivity contribution is 0.0665. The smallest absolute Gasteiger partial charge is 0.0669 e. The zero-order chi connectivity index (χ0) is 7.98. The number of hydrogen-bond donors (Lipinski definition) is 0. The van der Waals surface area contributed by atoms with Gasteiger partial charge in [0.25, 0.3) is 0 Å². The third kappa shape index (κ3) is 5.24. The molecule has 0 radical (unpaired) electrons. The molecule has 0 aromatic rings. The van der Waals surface area contributed by atoms with Gasteiger partial charge in [0, 0.05) is 11.4 Å². The summed E-state index contributed by atoms with van der Waals surface area (Å²) in [7, 11) is 0. The summed E-state index contributed by atoms with van der Waals surface area (Å²) in [4.78, 5) is 0.462. The Morgan fingerprint density at radius 3 is 2.40 bits per heavy atom. The van der Waals surface area contributed by atoms with Crippen molar-refractivity contribution in [2.24, 2.45) is 0 Å². The molecular weight excluding hydrogens is 192 g/mol. The maximum atomic E-state index is 5.50. The Labute approximate surface area is 72.3 Å². The molecular formula is C8H17BrO. The van der Waals surface area contributed by atoms with E-state index < -0.39 is 0 Å². The van der Waals surface area contributed by atoms with Crippen molar-refractivity contribution >= 4 is 15.9 Å². The van der Waals surface area contributed by atoms with Crippen LogP contribution in [0.3, 0.4) is 0 Å². The number of halogens is 1. The molecule has 2 atom stereocenters. The highest BCUT2D eigenvalue weighted by molar-refractivity contribution is 9.09. The van der Waals surface area contributed by atoms with Gasteiger partial charge in [-0.25, -0.2) is 0 Å². The van der Waals surface area contributed by atoms with Crippen LogP contribution >= 0.6 is 15.9 Å². The Morgan fingerprint density at radius 1 is 1.40 bits per heavy atom. The predicted octanol–water partition coefficient (Wildman–Crippen LogP) is 2.98. The summed E-state index contributed by atoms with van der Waals surface area (Å²) >= 11 is 3.47. The van der Waals surface area contributed by atoms with Gasteiger partial charge in [0.05, 0.1) is 6.10 Å². The third-order valence-electron chi connectivity index (χ3n) is 1.53. The first kappa shape index (κ1) is 10.4. The van der Waals surface area contributed by atoms with E-state index in [9.17, 15) is 0 Å². The molecule has 0 spiro atoms. The molecule has 1 nitrogen and oxygen atoms in total. The predicted molar refractivity (Wildman–Crippen MR) is 48.7 cm³/mol. The second kappa shape index (κ2) is 6.17. The maximum absolute atomic E-state index is 5.50. The molecule has 0 aliphatic heterocycles. The van der Waals surface area contributed by atoms with E-state index in [-0.39, 0.29) is 0 Å². The number of ether oxygens (including phenoxy) is 1. The Bertz CT molecular complexity index is 73.7. The van der Waals surface area contributed by atoms with Gasteiger partial charge in [0.15, 0.2) is 0 Å². The van der Waals surface area contributed by atoms with Crippen LogP contribution in [0.4, 0.5) is 0 Å². The van der Waals surface area contributed by atoms with Crippen LogP contribution in [0.2, 0.25) is 0 Å². The van der Waals surface area contributed by atoms with E-state index >= 15 is 0 Å². The average Bonchev–Trinajstić information content (AvgIpc) is 1.88. The van der Waals surface area contributed by atoms with Crippen LogP contribution in [-0.2, 0) is 4.74 Å². The lowest BCUT2D eigenvalue weighted by Gasteiger charge is -2.14. The van der Waals surface area contributed by atoms with E-state index in [4.69, 9.17) is 4.74 Å². The van der Waals surface area contributed by atoms with Gasteiger partial charge < -0.3 is 4.74 Å². The maximum Gasteiger partial charge on any atom is 0.0669 e. The van der Waals surface area contributed by atoms with E-state index in [2.05, 4.69) is 36.7 Å². The topological polar surface area (TPSA) is 9.23 Å². The second-order valence-corrected chi connectivity index (χ2v) is 4.05. The molecule has 10 heavy (non-hydrogen) atoms. The Morgan fingerprint density at radius 2 is 2.00 bits per heavy atom. The highest BCUT2D eigenvalue weighted by Gasteiger charge is 2.06. The van der Waals surface area contributed by atoms with Crippen molar-refractivity contribution in [3.05, 3.63) is 0 Å². The number of alkyl halides is 1. The average molecular weight is 209 g/mol. The van der Waals surface area contributed by atoms with Crippen molar-refractivity contribution in [3.63, 3.8) is 0 Å². The minimum absolute atomic E-state index is 0.339. The van der Waals surface area contributed by atoms with Crippen LogP contribution in [0.25, 0.3) is 0 Å². The standard InChI is InChI=1S/C8H17BrO/c1-4-5-6-10-8(3)7(2)9/h7-8H,4-6H2,1-3H3. The molecule has 2 unspecified atom stereocenters. The van der Waals surface area contributed by atoms with E-state index in [1.165, 1.54) is 12.8 Å². The highest BCUT2D eigenvalue weighted by atomic mass is 79.9. The molecule has 0 bridgehead atoms. The summed E-state index contributed by atoms with van der Waals surface area (Å²) in [6.45, 7) is 7.27. The van der Waals surface area contributed by atoms with Gasteiger partial charge in [-0.15, -0.1) is 0 Å². The Kier molecular flexibility index (Phi) is 6.44. The van der Waals surface area contributed by atoms with Crippen molar-refractivity contribution in [1.82, 2.24) is 0 Å². The Balaban J connectivity index is 3.13. The fourth-order valence-electron chi connectivity index (χ4n) is 0.546. The molecule has 2 heteroatoms. The first-order valence-corrected chi connectivity index (χ1v) is 4.85. The third-order valence-corrected chi connectivity index (χ3v) is 2.27.